The van der Waals surface area contributed by atoms with Crippen LogP contribution in [-0.4, -0.2) is 55.3 Å². The highest BCUT2D eigenvalue weighted by Gasteiger charge is 2.26. The molecule has 0 heterocycles. The summed E-state index contributed by atoms with van der Waals surface area (Å²) in [5, 5.41) is 9.06. The summed E-state index contributed by atoms with van der Waals surface area (Å²) in [7, 11) is 5.91. The summed E-state index contributed by atoms with van der Waals surface area (Å²) in [6.45, 7) is 4.65. The van der Waals surface area contributed by atoms with Crippen molar-refractivity contribution in [2.45, 2.75) is 110 Å². The Morgan fingerprint density at radius 1 is 0.828 bits per heavy atom. The number of carbonyl (C=O) groups excluding carboxylic acids is 1. The molecule has 0 radical (unpaired) electrons. The largest absolute Gasteiger partial charge is 0.481 e. The van der Waals surface area contributed by atoms with E-state index in [9.17, 15) is 9.59 Å². The second kappa shape index (κ2) is 16.7. The van der Waals surface area contributed by atoms with Gasteiger partial charge in [0.15, 0.2) is 6.10 Å². The molecule has 2 atom stereocenters. The van der Waals surface area contributed by atoms with Crippen molar-refractivity contribution in [1.29, 1.82) is 0 Å². The highest BCUT2D eigenvalue weighted by Crippen LogP contribution is 2.16. The van der Waals surface area contributed by atoms with Gasteiger partial charge in [0.05, 0.1) is 33.5 Å². The Balaban J connectivity index is 3.83. The normalized spacial score (nSPS) is 13.8. The number of hydrogen-bond acceptors (Lipinski definition) is 3. The van der Waals surface area contributed by atoms with E-state index in [1.54, 1.807) is 0 Å². The third-order valence-corrected chi connectivity index (χ3v) is 5.33. The molecule has 172 valence electrons. The van der Waals surface area contributed by atoms with Gasteiger partial charge in [0.2, 0.25) is 0 Å². The van der Waals surface area contributed by atoms with Gasteiger partial charge in [0.25, 0.3) is 0 Å². The SMILES string of the molecule is CCCCCCCCCCCCCCC(C)C(=O)O[C@H](CC(=O)O)C[N+](C)(C)C. The molecule has 5 nitrogen and oxygen atoms in total. The minimum Gasteiger partial charge on any atom is -0.481 e. The van der Waals surface area contributed by atoms with Gasteiger partial charge >= 0.3 is 11.9 Å². The Morgan fingerprint density at radius 2 is 1.28 bits per heavy atom. The van der Waals surface area contributed by atoms with Gasteiger partial charge in [-0.25, -0.2) is 0 Å². The Hall–Kier alpha value is -1.10. The van der Waals surface area contributed by atoms with Crippen molar-refractivity contribution < 1.29 is 23.9 Å². The van der Waals surface area contributed by atoms with E-state index in [0.29, 0.717) is 11.0 Å². The predicted octanol–water partition coefficient (Wildman–Crippen LogP) is 5.81. The van der Waals surface area contributed by atoms with Crippen molar-refractivity contribution in [3.8, 4) is 0 Å². The third-order valence-electron chi connectivity index (χ3n) is 5.33. The molecule has 0 rings (SSSR count). The summed E-state index contributed by atoms with van der Waals surface area (Å²) in [5.74, 6) is -1.35. The Kier molecular flexibility index (Phi) is 16.0. The van der Waals surface area contributed by atoms with Gasteiger partial charge in [-0.15, -0.1) is 0 Å². The molecule has 1 unspecified atom stereocenters. The van der Waals surface area contributed by atoms with Crippen LogP contribution in [-0.2, 0) is 14.3 Å². The van der Waals surface area contributed by atoms with Gasteiger partial charge in [0.1, 0.15) is 6.54 Å². The van der Waals surface area contributed by atoms with E-state index >= 15 is 0 Å². The fourth-order valence-electron chi connectivity index (χ4n) is 3.64. The summed E-state index contributed by atoms with van der Waals surface area (Å²) in [5.41, 5.74) is 0. The number of quaternary nitrogens is 1. The van der Waals surface area contributed by atoms with Crippen LogP contribution in [0.15, 0.2) is 0 Å². The molecule has 0 bridgehead atoms. The molecule has 5 heteroatoms. The zero-order valence-electron chi connectivity index (χ0n) is 19.9. The molecule has 0 aliphatic heterocycles. The van der Waals surface area contributed by atoms with Crippen LogP contribution in [0.1, 0.15) is 104 Å². The average molecular weight is 415 g/mol. The lowest BCUT2D eigenvalue weighted by Crippen LogP contribution is -2.44. The van der Waals surface area contributed by atoms with Crippen LogP contribution in [0.3, 0.4) is 0 Å². The first-order valence-electron chi connectivity index (χ1n) is 11.9. The maximum absolute atomic E-state index is 12.3. The van der Waals surface area contributed by atoms with Gasteiger partial charge in [-0.2, -0.15) is 0 Å². The number of ether oxygens (including phenoxy) is 1. The number of carbonyl (C=O) groups is 2. The molecule has 0 spiro atoms. The fourth-order valence-corrected chi connectivity index (χ4v) is 3.64. The molecule has 1 N–H and O–H groups in total. The van der Waals surface area contributed by atoms with Gasteiger partial charge in [-0.3, -0.25) is 9.59 Å². The monoisotopic (exact) mass is 414 g/mol. The van der Waals surface area contributed by atoms with Crippen LogP contribution in [0.25, 0.3) is 0 Å². The Labute approximate surface area is 179 Å². The van der Waals surface area contributed by atoms with Crippen molar-refractivity contribution in [2.75, 3.05) is 27.7 Å². The molecular formula is C24H48NO4+. The maximum atomic E-state index is 12.3. The summed E-state index contributed by atoms with van der Waals surface area (Å²) in [6.07, 6.45) is 15.8. The quantitative estimate of drug-likeness (QED) is 0.165. The second-order valence-corrected chi connectivity index (χ2v) is 9.71. The van der Waals surface area contributed by atoms with Crippen molar-refractivity contribution in [2.24, 2.45) is 5.92 Å². The molecule has 0 aromatic heterocycles. The Morgan fingerprint density at radius 3 is 1.69 bits per heavy atom. The number of esters is 1. The number of nitrogens with zero attached hydrogens (tertiary/aromatic N) is 1. The number of unbranched alkanes of at least 4 members (excludes halogenated alkanes) is 11. The molecular weight excluding hydrogens is 366 g/mol. The van der Waals surface area contributed by atoms with E-state index in [4.69, 9.17) is 9.84 Å². The molecule has 0 aromatic carbocycles. The first-order valence-corrected chi connectivity index (χ1v) is 11.9. The molecule has 0 saturated carbocycles. The van der Waals surface area contributed by atoms with Crippen LogP contribution < -0.4 is 0 Å². The zero-order valence-corrected chi connectivity index (χ0v) is 19.9. The summed E-state index contributed by atoms with van der Waals surface area (Å²) in [4.78, 5) is 23.4. The van der Waals surface area contributed by atoms with Gasteiger partial charge in [-0.05, 0) is 6.42 Å². The fraction of sp³-hybridized carbons (Fsp3) is 0.917. The topological polar surface area (TPSA) is 63.6 Å². The van der Waals surface area contributed by atoms with Crippen LogP contribution in [0.2, 0.25) is 0 Å². The minimum atomic E-state index is -0.926. The lowest BCUT2D eigenvalue weighted by molar-refractivity contribution is -0.873. The van der Waals surface area contributed by atoms with E-state index in [1.165, 1.54) is 64.2 Å². The first kappa shape index (κ1) is 27.9. The van der Waals surface area contributed by atoms with Gasteiger partial charge in [-0.1, -0.05) is 90.9 Å². The number of aliphatic carboxylic acids is 1. The molecule has 0 fully saturated rings. The molecule has 29 heavy (non-hydrogen) atoms. The van der Waals surface area contributed by atoms with Crippen molar-refractivity contribution >= 4 is 11.9 Å². The summed E-state index contributed by atoms with van der Waals surface area (Å²) in [6, 6.07) is 0. The lowest BCUT2D eigenvalue weighted by Gasteiger charge is -2.29. The molecule has 0 aliphatic carbocycles. The number of likely N-dealkylation sites (N-methyl/N-ethyl adjacent to an activating group) is 1. The summed E-state index contributed by atoms with van der Waals surface area (Å²) >= 11 is 0. The molecule has 0 amide bonds. The standard InChI is InChI=1S/C24H47NO4/c1-6-7-8-9-10-11-12-13-14-15-16-17-18-21(2)24(28)29-22(19-23(26)27)20-25(3,4)5/h21-22H,6-20H2,1-5H3/p+1/t21?,22-/m1/s1. The van der Waals surface area contributed by atoms with E-state index in [1.807, 2.05) is 28.1 Å². The van der Waals surface area contributed by atoms with Crippen LogP contribution in [0.4, 0.5) is 0 Å². The lowest BCUT2D eigenvalue weighted by atomic mass is 10.0. The minimum absolute atomic E-state index is 0.132. The van der Waals surface area contributed by atoms with E-state index in [0.717, 1.165) is 19.3 Å². The van der Waals surface area contributed by atoms with Gasteiger partial charge in [0, 0.05) is 0 Å². The number of carboxylic acids is 1. The third kappa shape index (κ3) is 18.7. The van der Waals surface area contributed by atoms with Crippen molar-refractivity contribution in [3.05, 3.63) is 0 Å². The van der Waals surface area contributed by atoms with E-state index in [-0.39, 0.29) is 18.3 Å². The zero-order chi connectivity index (χ0) is 22.1. The Bertz CT molecular complexity index is 431. The second-order valence-electron chi connectivity index (χ2n) is 9.71. The maximum Gasteiger partial charge on any atom is 0.309 e. The number of hydrogen-bond donors (Lipinski definition) is 1. The molecule has 0 saturated heterocycles. The van der Waals surface area contributed by atoms with Crippen LogP contribution in [0.5, 0.6) is 0 Å². The van der Waals surface area contributed by atoms with Crippen LogP contribution >= 0.6 is 0 Å². The highest BCUT2D eigenvalue weighted by atomic mass is 16.5. The molecule has 0 aliphatic rings. The number of rotatable bonds is 19. The smallest absolute Gasteiger partial charge is 0.309 e. The number of carboxylic acid groups (broad SMARTS) is 1. The van der Waals surface area contributed by atoms with E-state index < -0.39 is 12.1 Å². The predicted molar refractivity (Wildman–Crippen MR) is 120 cm³/mol. The molecule has 0 aromatic rings. The summed E-state index contributed by atoms with van der Waals surface area (Å²) < 4.78 is 6.09. The van der Waals surface area contributed by atoms with Crippen molar-refractivity contribution in [1.82, 2.24) is 0 Å². The first-order chi connectivity index (χ1) is 13.7. The average Bonchev–Trinajstić information content (AvgIpc) is 2.60. The van der Waals surface area contributed by atoms with Crippen LogP contribution in [0, 0.1) is 5.92 Å². The van der Waals surface area contributed by atoms with Gasteiger partial charge < -0.3 is 14.3 Å². The highest BCUT2D eigenvalue weighted by molar-refractivity contribution is 5.73. The van der Waals surface area contributed by atoms with E-state index in [2.05, 4.69) is 6.92 Å². The van der Waals surface area contributed by atoms with Crippen molar-refractivity contribution in [3.63, 3.8) is 0 Å².